The second kappa shape index (κ2) is 11.4. The quantitative estimate of drug-likeness (QED) is 0.707. The van der Waals surface area contributed by atoms with E-state index in [1.807, 2.05) is 20.8 Å². The molecule has 1 heterocycles. The van der Waals surface area contributed by atoms with E-state index in [4.69, 9.17) is 10.5 Å². The first-order chi connectivity index (χ1) is 12.5. The van der Waals surface area contributed by atoms with Crippen molar-refractivity contribution in [1.29, 1.82) is 0 Å². The van der Waals surface area contributed by atoms with Crippen LogP contribution in [-0.2, 0) is 15.7 Å². The van der Waals surface area contributed by atoms with Crippen molar-refractivity contribution in [2.24, 2.45) is 11.1 Å². The van der Waals surface area contributed by atoms with Crippen LogP contribution < -0.4 is 11.1 Å². The Kier molecular flexibility index (Phi) is 10.9. The number of benzene rings is 1. The molecule has 0 saturated carbocycles. The van der Waals surface area contributed by atoms with Crippen molar-refractivity contribution in [2.45, 2.75) is 39.0 Å². The number of hydrogen-bond acceptors (Lipinski definition) is 4. The highest BCUT2D eigenvalue weighted by Gasteiger charge is 2.32. The van der Waals surface area contributed by atoms with E-state index in [1.165, 1.54) is 12.1 Å². The molecule has 1 aliphatic heterocycles. The van der Waals surface area contributed by atoms with Crippen LogP contribution in [0.1, 0.15) is 37.9 Å². The Labute approximate surface area is 182 Å². The van der Waals surface area contributed by atoms with E-state index in [0.717, 1.165) is 17.7 Å². The zero-order chi connectivity index (χ0) is 20.2. The molecule has 1 aromatic carbocycles. The number of rotatable bonds is 5. The molecule has 0 aliphatic carbocycles. The van der Waals surface area contributed by atoms with Crippen LogP contribution in [-0.4, -0.2) is 49.7 Å². The lowest BCUT2D eigenvalue weighted by molar-refractivity contribution is -0.137. The van der Waals surface area contributed by atoms with Crippen LogP contribution in [0.3, 0.4) is 0 Å². The predicted molar refractivity (Wildman–Crippen MR) is 112 cm³/mol. The fourth-order valence-electron chi connectivity index (χ4n) is 2.94. The van der Waals surface area contributed by atoms with Gasteiger partial charge in [0.05, 0.1) is 30.9 Å². The fraction of sp³-hybridized carbons (Fsp3) is 0.632. The Bertz CT molecular complexity index is 631. The normalized spacial score (nSPS) is 17.5. The van der Waals surface area contributed by atoms with Gasteiger partial charge >= 0.3 is 6.18 Å². The maximum absolute atomic E-state index is 12.8. The van der Waals surface area contributed by atoms with Crippen molar-refractivity contribution in [3.63, 3.8) is 0 Å². The third-order valence-corrected chi connectivity index (χ3v) is 4.79. The monoisotopic (exact) mass is 459 g/mol. The van der Waals surface area contributed by atoms with Crippen molar-refractivity contribution in [2.75, 3.05) is 32.8 Å². The number of amides is 1. The molecule has 1 saturated heterocycles. The Morgan fingerprint density at radius 3 is 2.10 bits per heavy atom. The van der Waals surface area contributed by atoms with Crippen LogP contribution in [0.2, 0.25) is 0 Å². The molecule has 0 spiro atoms. The minimum atomic E-state index is -4.37. The second-order valence-electron chi connectivity index (χ2n) is 7.87. The molecule has 0 bridgehead atoms. The highest BCUT2D eigenvalue weighted by atomic mass is 35.5. The fourth-order valence-corrected chi connectivity index (χ4v) is 2.94. The summed E-state index contributed by atoms with van der Waals surface area (Å²) in [5.74, 6) is -0.271. The SMILES string of the molecule is CC(C)(C)[C@H](N)C(=O)NCC(c1ccc(C(F)(F)F)cc1)N1CCOCC1.Cl.Cl. The van der Waals surface area contributed by atoms with Crippen molar-refractivity contribution < 1.29 is 22.7 Å². The summed E-state index contributed by atoms with van der Waals surface area (Å²) < 4.78 is 43.9. The van der Waals surface area contributed by atoms with E-state index in [-0.39, 0.29) is 48.7 Å². The molecule has 5 nitrogen and oxygen atoms in total. The van der Waals surface area contributed by atoms with E-state index in [0.29, 0.717) is 26.3 Å². The molecule has 10 heteroatoms. The molecular formula is C19H30Cl2F3N3O2. The molecule has 0 radical (unpaired) electrons. The van der Waals surface area contributed by atoms with Crippen LogP contribution in [0.5, 0.6) is 0 Å². The summed E-state index contributed by atoms with van der Waals surface area (Å²) in [6.07, 6.45) is -4.37. The lowest BCUT2D eigenvalue weighted by atomic mass is 9.87. The molecule has 1 unspecified atom stereocenters. The number of halogens is 5. The van der Waals surface area contributed by atoms with Gasteiger partial charge in [-0.25, -0.2) is 0 Å². The molecule has 1 fully saturated rings. The maximum Gasteiger partial charge on any atom is 0.416 e. The summed E-state index contributed by atoms with van der Waals surface area (Å²) in [7, 11) is 0. The number of carbonyl (C=O) groups is 1. The van der Waals surface area contributed by atoms with E-state index < -0.39 is 17.8 Å². The van der Waals surface area contributed by atoms with Crippen molar-refractivity contribution in [1.82, 2.24) is 10.2 Å². The summed E-state index contributed by atoms with van der Waals surface area (Å²) in [6.45, 7) is 8.30. The number of nitrogens with one attached hydrogen (secondary N) is 1. The molecule has 3 N–H and O–H groups in total. The van der Waals surface area contributed by atoms with Gasteiger partial charge in [0.2, 0.25) is 5.91 Å². The zero-order valence-corrected chi connectivity index (χ0v) is 18.4. The third kappa shape index (κ3) is 7.94. The van der Waals surface area contributed by atoms with Gasteiger partial charge in [0.1, 0.15) is 0 Å². The molecule has 29 heavy (non-hydrogen) atoms. The van der Waals surface area contributed by atoms with E-state index >= 15 is 0 Å². The molecule has 168 valence electrons. The molecule has 0 aromatic heterocycles. The van der Waals surface area contributed by atoms with Gasteiger partial charge in [-0.15, -0.1) is 24.8 Å². The zero-order valence-electron chi connectivity index (χ0n) is 16.8. The third-order valence-electron chi connectivity index (χ3n) is 4.79. The van der Waals surface area contributed by atoms with Crippen molar-refractivity contribution >= 4 is 30.7 Å². The first-order valence-corrected chi connectivity index (χ1v) is 9.02. The number of alkyl halides is 3. The maximum atomic E-state index is 12.8. The van der Waals surface area contributed by atoms with Gasteiger partial charge in [-0.05, 0) is 23.1 Å². The number of nitrogens with two attached hydrogens (primary N) is 1. The average molecular weight is 460 g/mol. The van der Waals surface area contributed by atoms with E-state index in [9.17, 15) is 18.0 Å². The van der Waals surface area contributed by atoms with Gasteiger partial charge in [-0.1, -0.05) is 32.9 Å². The van der Waals surface area contributed by atoms with Crippen molar-refractivity contribution in [3.8, 4) is 0 Å². The van der Waals surface area contributed by atoms with Crippen LogP contribution >= 0.6 is 24.8 Å². The summed E-state index contributed by atoms with van der Waals surface area (Å²) in [4.78, 5) is 14.5. The highest BCUT2D eigenvalue weighted by molar-refractivity contribution is 5.85. The van der Waals surface area contributed by atoms with Gasteiger partial charge in [0.15, 0.2) is 0 Å². The van der Waals surface area contributed by atoms with Gasteiger partial charge in [-0.2, -0.15) is 13.2 Å². The first kappa shape index (κ1) is 27.9. The standard InChI is InChI=1S/C19H28F3N3O2.2ClH/c1-18(2,3)16(23)17(26)24-12-15(25-8-10-27-11-9-25)13-4-6-14(7-5-13)19(20,21)22;;/h4-7,15-16H,8-12,23H2,1-3H3,(H,24,26);2*1H/t15?,16-;;/m1../s1. The second-order valence-corrected chi connectivity index (χ2v) is 7.87. The summed E-state index contributed by atoms with van der Waals surface area (Å²) in [6, 6.07) is 4.18. The molecule has 1 amide bonds. The van der Waals surface area contributed by atoms with Gasteiger partial charge in [-0.3, -0.25) is 9.69 Å². The minimum absolute atomic E-state index is 0. The number of ether oxygens (including phenoxy) is 1. The van der Waals surface area contributed by atoms with Crippen molar-refractivity contribution in [3.05, 3.63) is 35.4 Å². The van der Waals surface area contributed by atoms with E-state index in [2.05, 4.69) is 10.2 Å². The molecular weight excluding hydrogens is 430 g/mol. The Hall–Kier alpha value is -1.06. The highest BCUT2D eigenvalue weighted by Crippen LogP contribution is 2.31. The average Bonchev–Trinajstić information content (AvgIpc) is 2.61. The first-order valence-electron chi connectivity index (χ1n) is 9.02. The van der Waals surface area contributed by atoms with E-state index in [1.54, 1.807) is 0 Å². The number of carbonyl (C=O) groups excluding carboxylic acids is 1. The Morgan fingerprint density at radius 2 is 1.66 bits per heavy atom. The largest absolute Gasteiger partial charge is 0.416 e. The smallest absolute Gasteiger partial charge is 0.379 e. The van der Waals surface area contributed by atoms with Gasteiger partial charge in [0, 0.05) is 19.6 Å². The lowest BCUT2D eigenvalue weighted by Gasteiger charge is -2.35. The van der Waals surface area contributed by atoms with Crippen LogP contribution in [0.25, 0.3) is 0 Å². The number of hydrogen-bond donors (Lipinski definition) is 2. The lowest BCUT2D eigenvalue weighted by Crippen LogP contribution is -2.51. The van der Waals surface area contributed by atoms with Gasteiger partial charge in [0.25, 0.3) is 0 Å². The summed E-state index contributed by atoms with van der Waals surface area (Å²) in [5, 5.41) is 2.86. The van der Waals surface area contributed by atoms with Crippen LogP contribution in [0.15, 0.2) is 24.3 Å². The molecule has 2 rings (SSSR count). The summed E-state index contributed by atoms with van der Waals surface area (Å²) in [5.41, 5.74) is 5.64. The molecule has 2 atom stereocenters. The predicted octanol–water partition coefficient (Wildman–Crippen LogP) is 3.41. The number of morpholine rings is 1. The van der Waals surface area contributed by atoms with Crippen LogP contribution in [0.4, 0.5) is 13.2 Å². The Balaban J connectivity index is 0.00000392. The molecule has 1 aliphatic rings. The minimum Gasteiger partial charge on any atom is -0.379 e. The van der Waals surface area contributed by atoms with Crippen LogP contribution in [0, 0.1) is 5.41 Å². The number of nitrogens with zero attached hydrogens (tertiary/aromatic N) is 1. The van der Waals surface area contributed by atoms with Gasteiger partial charge < -0.3 is 15.8 Å². The summed E-state index contributed by atoms with van der Waals surface area (Å²) >= 11 is 0. The molecule has 1 aromatic rings. The Morgan fingerprint density at radius 1 is 1.14 bits per heavy atom. The topological polar surface area (TPSA) is 67.6 Å².